The molecule has 0 unspecified atom stereocenters. The minimum atomic E-state index is -3.80. The summed E-state index contributed by atoms with van der Waals surface area (Å²) in [4.78, 5) is 8.76. The van der Waals surface area contributed by atoms with Gasteiger partial charge in [0.05, 0.1) is 10.6 Å². The first-order valence-electron chi connectivity index (χ1n) is 8.33. The highest BCUT2D eigenvalue weighted by Gasteiger charge is 2.25. The summed E-state index contributed by atoms with van der Waals surface area (Å²) >= 11 is 0. The van der Waals surface area contributed by atoms with Crippen LogP contribution in [0.5, 0.6) is 0 Å². The Hall–Kier alpha value is -2.99. The molecule has 0 saturated heterocycles. The van der Waals surface area contributed by atoms with E-state index in [1.807, 2.05) is 25.1 Å². The summed E-state index contributed by atoms with van der Waals surface area (Å²) in [5, 5.41) is 0.841. The van der Waals surface area contributed by atoms with Crippen LogP contribution in [0.2, 0.25) is 0 Å². The fraction of sp³-hybridized carbons (Fsp3) is 0.100. The number of hydrogen-bond donors (Lipinski definition) is 0. The van der Waals surface area contributed by atoms with E-state index in [4.69, 9.17) is 0 Å². The molecular weight excluding hydrogens is 346 g/mol. The van der Waals surface area contributed by atoms with Gasteiger partial charge in [-0.3, -0.25) is 4.98 Å². The van der Waals surface area contributed by atoms with Gasteiger partial charge in [0, 0.05) is 29.5 Å². The maximum absolute atomic E-state index is 13.4. The summed E-state index contributed by atoms with van der Waals surface area (Å²) in [5.41, 5.74) is 2.78. The van der Waals surface area contributed by atoms with E-state index < -0.39 is 10.0 Å². The molecule has 5 nitrogen and oxygen atoms in total. The average molecular weight is 363 g/mol. The normalized spacial score (nSPS) is 11.7. The molecule has 4 rings (SSSR count). The molecule has 0 aliphatic heterocycles. The highest BCUT2D eigenvalue weighted by Crippen LogP contribution is 2.32. The fourth-order valence-corrected chi connectivity index (χ4v) is 4.60. The number of benzene rings is 1. The first kappa shape index (κ1) is 16.5. The highest BCUT2D eigenvalue weighted by atomic mass is 32.2. The molecule has 0 spiro atoms. The second-order valence-corrected chi connectivity index (χ2v) is 7.70. The zero-order valence-corrected chi connectivity index (χ0v) is 15.0. The Morgan fingerprint density at radius 2 is 1.81 bits per heavy atom. The first-order chi connectivity index (χ1) is 12.6. The molecule has 0 aliphatic carbocycles. The van der Waals surface area contributed by atoms with Crippen molar-refractivity contribution in [3.05, 3.63) is 78.8 Å². The fourth-order valence-electron chi connectivity index (χ4n) is 3.09. The quantitative estimate of drug-likeness (QED) is 0.552. The molecule has 0 fully saturated rings. The summed E-state index contributed by atoms with van der Waals surface area (Å²) in [5.74, 6) is 0. The SMILES string of the molecule is CCc1ccnc2c1cc(-c1cccnc1)n2S(=O)(=O)c1ccccc1. The Balaban J connectivity index is 2.10. The number of fused-ring (bicyclic) bond motifs is 1. The standard InChI is InChI=1S/C20H17N3O2S/c1-2-15-10-12-22-20-18(15)13-19(16-7-6-11-21-14-16)23(20)26(24,25)17-8-4-3-5-9-17/h3-14H,2H2,1H3. The Labute approximate surface area is 152 Å². The third-order valence-corrected chi connectivity index (χ3v) is 6.09. The number of aryl methyl sites for hydroxylation is 1. The molecule has 1 aromatic carbocycles. The molecule has 0 atom stereocenters. The van der Waals surface area contributed by atoms with Crippen LogP contribution in [0, 0.1) is 0 Å². The van der Waals surface area contributed by atoms with Gasteiger partial charge >= 0.3 is 0 Å². The molecule has 26 heavy (non-hydrogen) atoms. The van der Waals surface area contributed by atoms with Crippen molar-refractivity contribution in [3.8, 4) is 11.3 Å². The van der Waals surface area contributed by atoms with Crippen molar-refractivity contribution in [1.82, 2.24) is 13.9 Å². The number of aromatic nitrogens is 3. The molecule has 130 valence electrons. The third kappa shape index (κ3) is 2.59. The van der Waals surface area contributed by atoms with Gasteiger partial charge in [-0.05, 0) is 48.4 Å². The van der Waals surface area contributed by atoms with Crippen LogP contribution < -0.4 is 0 Å². The van der Waals surface area contributed by atoms with E-state index in [1.54, 1.807) is 55.0 Å². The molecule has 4 aromatic rings. The van der Waals surface area contributed by atoms with Crippen LogP contribution in [-0.2, 0) is 16.4 Å². The lowest BCUT2D eigenvalue weighted by Gasteiger charge is -2.11. The Kier molecular flexibility index (Phi) is 4.05. The maximum Gasteiger partial charge on any atom is 0.269 e. The summed E-state index contributed by atoms with van der Waals surface area (Å²) in [6, 6.07) is 15.9. The molecule has 0 radical (unpaired) electrons. The van der Waals surface area contributed by atoms with Crippen LogP contribution in [0.4, 0.5) is 0 Å². The van der Waals surface area contributed by atoms with E-state index in [-0.39, 0.29) is 4.90 Å². The van der Waals surface area contributed by atoms with Gasteiger partial charge in [-0.25, -0.2) is 17.4 Å². The highest BCUT2D eigenvalue weighted by molar-refractivity contribution is 7.90. The number of pyridine rings is 2. The van der Waals surface area contributed by atoms with Gasteiger partial charge in [0.2, 0.25) is 0 Å². The predicted octanol–water partition coefficient (Wildman–Crippen LogP) is 3.90. The second-order valence-electron chi connectivity index (χ2n) is 5.91. The van der Waals surface area contributed by atoms with Crippen molar-refractivity contribution in [1.29, 1.82) is 0 Å². The van der Waals surface area contributed by atoms with Gasteiger partial charge in [0.15, 0.2) is 5.65 Å². The topological polar surface area (TPSA) is 64.8 Å². The van der Waals surface area contributed by atoms with E-state index in [0.29, 0.717) is 11.3 Å². The lowest BCUT2D eigenvalue weighted by Crippen LogP contribution is -2.14. The number of hydrogen-bond acceptors (Lipinski definition) is 4. The zero-order chi connectivity index (χ0) is 18.1. The van der Waals surface area contributed by atoms with Crippen molar-refractivity contribution < 1.29 is 8.42 Å². The largest absolute Gasteiger partial charge is 0.269 e. The first-order valence-corrected chi connectivity index (χ1v) is 9.77. The smallest absolute Gasteiger partial charge is 0.264 e. The second kappa shape index (κ2) is 6.38. The van der Waals surface area contributed by atoms with Crippen LogP contribution in [0.25, 0.3) is 22.3 Å². The molecular formula is C20H17N3O2S. The molecule has 3 heterocycles. The van der Waals surface area contributed by atoms with E-state index in [2.05, 4.69) is 9.97 Å². The monoisotopic (exact) mass is 363 g/mol. The van der Waals surface area contributed by atoms with E-state index >= 15 is 0 Å². The average Bonchev–Trinajstić information content (AvgIpc) is 3.10. The Morgan fingerprint density at radius 3 is 2.50 bits per heavy atom. The zero-order valence-electron chi connectivity index (χ0n) is 14.2. The van der Waals surface area contributed by atoms with Gasteiger partial charge in [-0.2, -0.15) is 0 Å². The van der Waals surface area contributed by atoms with Crippen molar-refractivity contribution in [2.45, 2.75) is 18.2 Å². The molecule has 0 amide bonds. The lowest BCUT2D eigenvalue weighted by molar-refractivity contribution is 0.589. The van der Waals surface area contributed by atoms with E-state index in [0.717, 1.165) is 22.9 Å². The van der Waals surface area contributed by atoms with Gasteiger partial charge in [-0.15, -0.1) is 0 Å². The van der Waals surface area contributed by atoms with Crippen LogP contribution >= 0.6 is 0 Å². The molecule has 6 heteroatoms. The van der Waals surface area contributed by atoms with Crippen molar-refractivity contribution in [2.24, 2.45) is 0 Å². The maximum atomic E-state index is 13.4. The Bertz CT molecular complexity index is 1170. The van der Waals surface area contributed by atoms with Gasteiger partial charge < -0.3 is 0 Å². The molecule has 0 aliphatic rings. The minimum absolute atomic E-state index is 0.228. The summed E-state index contributed by atoms with van der Waals surface area (Å²) in [6.45, 7) is 2.04. The van der Waals surface area contributed by atoms with Crippen molar-refractivity contribution in [3.63, 3.8) is 0 Å². The van der Waals surface area contributed by atoms with Crippen LogP contribution in [0.3, 0.4) is 0 Å². The molecule has 0 bridgehead atoms. The predicted molar refractivity (Wildman–Crippen MR) is 101 cm³/mol. The number of rotatable bonds is 4. The van der Waals surface area contributed by atoms with Crippen molar-refractivity contribution in [2.75, 3.05) is 0 Å². The summed E-state index contributed by atoms with van der Waals surface area (Å²) < 4.78 is 28.1. The Morgan fingerprint density at radius 1 is 1.00 bits per heavy atom. The molecule has 0 N–H and O–H groups in total. The summed E-state index contributed by atoms with van der Waals surface area (Å²) in [7, 11) is -3.80. The van der Waals surface area contributed by atoms with Crippen molar-refractivity contribution >= 4 is 21.1 Å². The van der Waals surface area contributed by atoms with Gasteiger partial charge in [-0.1, -0.05) is 25.1 Å². The summed E-state index contributed by atoms with van der Waals surface area (Å²) in [6.07, 6.45) is 5.78. The lowest BCUT2D eigenvalue weighted by atomic mass is 10.1. The van der Waals surface area contributed by atoms with Crippen LogP contribution in [0.15, 0.2) is 78.1 Å². The molecule has 3 aromatic heterocycles. The van der Waals surface area contributed by atoms with Crippen LogP contribution in [-0.4, -0.2) is 22.4 Å². The van der Waals surface area contributed by atoms with Gasteiger partial charge in [0.25, 0.3) is 10.0 Å². The van der Waals surface area contributed by atoms with E-state index in [9.17, 15) is 8.42 Å². The third-order valence-electron chi connectivity index (χ3n) is 4.37. The van der Waals surface area contributed by atoms with Crippen LogP contribution in [0.1, 0.15) is 12.5 Å². The molecule has 0 saturated carbocycles. The van der Waals surface area contributed by atoms with Gasteiger partial charge in [0.1, 0.15) is 0 Å². The number of nitrogens with zero attached hydrogens (tertiary/aromatic N) is 3. The minimum Gasteiger partial charge on any atom is -0.264 e. The van der Waals surface area contributed by atoms with E-state index in [1.165, 1.54) is 3.97 Å².